The Labute approximate surface area is 176 Å². The van der Waals surface area contributed by atoms with Gasteiger partial charge in [-0.3, -0.25) is 19.0 Å². The maximum absolute atomic E-state index is 13.0. The fourth-order valence-electron chi connectivity index (χ4n) is 3.24. The van der Waals surface area contributed by atoms with Gasteiger partial charge >= 0.3 is 0 Å². The number of hydrogen-bond donors (Lipinski definition) is 1. The van der Waals surface area contributed by atoms with Crippen molar-refractivity contribution in [3.8, 4) is 0 Å². The topological polar surface area (TPSA) is 81.1 Å². The molecule has 0 atom stereocenters. The van der Waals surface area contributed by atoms with Crippen LogP contribution in [0, 0.1) is 6.92 Å². The van der Waals surface area contributed by atoms with Gasteiger partial charge in [0, 0.05) is 11.3 Å². The minimum atomic E-state index is -0.305. The predicted octanol–water partition coefficient (Wildman–Crippen LogP) is 4.27. The lowest BCUT2D eigenvalue weighted by Gasteiger charge is -2.06. The molecular formula is C23H19N3O3S. The van der Waals surface area contributed by atoms with Crippen molar-refractivity contribution < 1.29 is 9.59 Å². The summed E-state index contributed by atoms with van der Waals surface area (Å²) in [4.78, 5) is 42.6. The van der Waals surface area contributed by atoms with Crippen molar-refractivity contribution in [3.63, 3.8) is 0 Å². The zero-order valence-electron chi connectivity index (χ0n) is 16.5. The number of nitrogens with zero attached hydrogens (tertiary/aromatic N) is 2. The van der Waals surface area contributed by atoms with Gasteiger partial charge in [0.1, 0.15) is 4.83 Å². The number of amides is 1. The van der Waals surface area contributed by atoms with Crippen LogP contribution in [-0.2, 0) is 6.54 Å². The summed E-state index contributed by atoms with van der Waals surface area (Å²) in [5.41, 5.74) is 2.61. The second kappa shape index (κ2) is 8.04. The number of hydrogen-bond acceptors (Lipinski definition) is 5. The van der Waals surface area contributed by atoms with E-state index < -0.39 is 0 Å². The molecule has 6 nitrogen and oxygen atoms in total. The second-order valence-corrected chi connectivity index (χ2v) is 7.99. The molecule has 0 aliphatic carbocycles. The van der Waals surface area contributed by atoms with Crippen LogP contribution < -0.4 is 10.9 Å². The maximum atomic E-state index is 13.0. The van der Waals surface area contributed by atoms with E-state index in [0.29, 0.717) is 38.5 Å². The molecule has 0 unspecified atom stereocenters. The van der Waals surface area contributed by atoms with Crippen molar-refractivity contribution in [1.29, 1.82) is 0 Å². The summed E-state index contributed by atoms with van der Waals surface area (Å²) in [5, 5.41) is 3.29. The largest absolute Gasteiger partial charge is 0.321 e. The fraction of sp³-hybridized carbons (Fsp3) is 0.130. The summed E-state index contributed by atoms with van der Waals surface area (Å²) in [7, 11) is 0. The minimum absolute atomic E-state index is 0.0360. The van der Waals surface area contributed by atoms with Crippen molar-refractivity contribution >= 4 is 38.9 Å². The van der Waals surface area contributed by atoms with Gasteiger partial charge in [0.2, 0.25) is 0 Å². The Morgan fingerprint density at radius 1 is 1.07 bits per heavy atom. The quantitative estimate of drug-likeness (QED) is 0.492. The average molecular weight is 417 g/mol. The molecule has 0 spiro atoms. The van der Waals surface area contributed by atoms with Crippen molar-refractivity contribution in [1.82, 2.24) is 9.55 Å². The first-order valence-corrected chi connectivity index (χ1v) is 10.2. The van der Waals surface area contributed by atoms with Crippen molar-refractivity contribution in [2.75, 3.05) is 5.32 Å². The van der Waals surface area contributed by atoms with Gasteiger partial charge in [-0.15, -0.1) is 11.3 Å². The number of nitrogens with one attached hydrogen (secondary N) is 1. The van der Waals surface area contributed by atoms with E-state index in [2.05, 4.69) is 10.3 Å². The summed E-state index contributed by atoms with van der Waals surface area (Å²) in [5.74, 6) is -0.342. The molecule has 2 aromatic heterocycles. The molecule has 150 valence electrons. The summed E-state index contributed by atoms with van der Waals surface area (Å²) in [6.07, 6.45) is 1.52. The number of carbonyl (C=O) groups is 2. The van der Waals surface area contributed by atoms with E-state index in [1.165, 1.54) is 24.6 Å². The van der Waals surface area contributed by atoms with Crippen LogP contribution in [0.25, 0.3) is 10.2 Å². The van der Waals surface area contributed by atoms with Crippen LogP contribution in [0.2, 0.25) is 0 Å². The number of Topliss-reactive ketones (excluding diaryl/α,β-unsaturated/α-hetero) is 1. The first kappa shape index (κ1) is 19.7. The molecule has 0 fully saturated rings. The number of rotatable bonds is 5. The van der Waals surface area contributed by atoms with Crippen LogP contribution in [0.1, 0.15) is 38.1 Å². The van der Waals surface area contributed by atoms with Crippen LogP contribution in [0.5, 0.6) is 0 Å². The number of ketones is 1. The van der Waals surface area contributed by atoms with Crippen LogP contribution in [0.15, 0.2) is 65.7 Å². The van der Waals surface area contributed by atoms with E-state index in [1.54, 1.807) is 35.8 Å². The third kappa shape index (κ3) is 3.79. The lowest BCUT2D eigenvalue weighted by Crippen LogP contribution is -2.21. The summed E-state index contributed by atoms with van der Waals surface area (Å²) < 4.78 is 1.56. The Kier molecular flexibility index (Phi) is 5.29. The number of benzene rings is 2. The Bertz CT molecular complexity index is 1310. The maximum Gasteiger partial charge on any atom is 0.266 e. The molecule has 0 saturated carbocycles. The van der Waals surface area contributed by atoms with Crippen LogP contribution in [-0.4, -0.2) is 21.2 Å². The van der Waals surface area contributed by atoms with Gasteiger partial charge < -0.3 is 5.32 Å². The highest BCUT2D eigenvalue weighted by atomic mass is 32.1. The SMILES string of the molecule is CC(=O)c1ccc(NC(=O)c2sc3ncn(Cc4ccccc4)c(=O)c3c2C)cc1. The van der Waals surface area contributed by atoms with Crippen LogP contribution in [0.4, 0.5) is 5.69 Å². The average Bonchev–Trinajstić information content (AvgIpc) is 3.08. The zero-order valence-corrected chi connectivity index (χ0v) is 17.3. The van der Waals surface area contributed by atoms with Gasteiger partial charge in [-0.25, -0.2) is 4.98 Å². The molecule has 7 heteroatoms. The molecule has 0 aliphatic heterocycles. The lowest BCUT2D eigenvalue weighted by molar-refractivity contribution is 0.101. The first-order chi connectivity index (χ1) is 14.4. The van der Waals surface area contributed by atoms with Gasteiger partial charge in [-0.2, -0.15) is 0 Å². The molecule has 0 saturated heterocycles. The van der Waals surface area contributed by atoms with E-state index in [1.807, 2.05) is 30.3 Å². The van der Waals surface area contributed by atoms with Gasteiger partial charge in [0.15, 0.2) is 5.78 Å². The highest BCUT2D eigenvalue weighted by molar-refractivity contribution is 7.20. The van der Waals surface area contributed by atoms with Gasteiger partial charge in [0.25, 0.3) is 11.5 Å². The molecule has 4 rings (SSSR count). The number of fused-ring (bicyclic) bond motifs is 1. The first-order valence-electron chi connectivity index (χ1n) is 9.39. The third-order valence-electron chi connectivity index (χ3n) is 4.87. The summed E-state index contributed by atoms with van der Waals surface area (Å²) in [6.45, 7) is 3.68. The molecular weight excluding hydrogens is 398 g/mol. The van der Waals surface area contributed by atoms with Gasteiger partial charge in [0.05, 0.1) is 23.1 Å². The molecule has 0 radical (unpaired) electrons. The van der Waals surface area contributed by atoms with Crippen LogP contribution >= 0.6 is 11.3 Å². The Hall–Kier alpha value is -3.58. The third-order valence-corrected chi connectivity index (χ3v) is 6.07. The van der Waals surface area contributed by atoms with Crippen molar-refractivity contribution in [2.24, 2.45) is 0 Å². The molecule has 4 aromatic rings. The van der Waals surface area contributed by atoms with Crippen molar-refractivity contribution in [3.05, 3.63) is 92.8 Å². The van der Waals surface area contributed by atoms with E-state index in [4.69, 9.17) is 0 Å². The number of thiophene rings is 1. The molecule has 1 amide bonds. The molecule has 0 bridgehead atoms. The molecule has 30 heavy (non-hydrogen) atoms. The standard InChI is InChI=1S/C23H19N3O3S/c1-14-19-22(24-13-26(23(19)29)12-16-6-4-3-5-7-16)30-20(14)21(28)25-18-10-8-17(9-11-18)15(2)27/h3-11,13H,12H2,1-2H3,(H,25,28). The molecule has 2 heterocycles. The fourth-order valence-corrected chi connectivity index (χ4v) is 4.28. The number of carbonyl (C=O) groups excluding carboxylic acids is 2. The smallest absolute Gasteiger partial charge is 0.266 e. The lowest BCUT2D eigenvalue weighted by atomic mass is 10.1. The van der Waals surface area contributed by atoms with Gasteiger partial charge in [-0.1, -0.05) is 30.3 Å². The van der Waals surface area contributed by atoms with Crippen molar-refractivity contribution in [2.45, 2.75) is 20.4 Å². The molecule has 1 N–H and O–H groups in total. The predicted molar refractivity (Wildman–Crippen MR) is 119 cm³/mol. The van der Waals surface area contributed by atoms with E-state index in [0.717, 1.165) is 5.56 Å². The molecule has 0 aliphatic rings. The van der Waals surface area contributed by atoms with Crippen LogP contribution in [0.3, 0.4) is 0 Å². The summed E-state index contributed by atoms with van der Waals surface area (Å²) >= 11 is 1.20. The number of aryl methyl sites for hydroxylation is 1. The monoisotopic (exact) mass is 417 g/mol. The minimum Gasteiger partial charge on any atom is -0.321 e. The molecule has 2 aromatic carbocycles. The Balaban J connectivity index is 1.64. The Morgan fingerprint density at radius 2 is 1.77 bits per heavy atom. The van der Waals surface area contributed by atoms with E-state index in [9.17, 15) is 14.4 Å². The number of anilines is 1. The number of aromatic nitrogens is 2. The highest BCUT2D eigenvalue weighted by Gasteiger charge is 2.19. The summed E-state index contributed by atoms with van der Waals surface area (Å²) in [6, 6.07) is 16.4. The highest BCUT2D eigenvalue weighted by Crippen LogP contribution is 2.27. The normalized spacial score (nSPS) is 10.9. The van der Waals surface area contributed by atoms with E-state index in [-0.39, 0.29) is 17.2 Å². The van der Waals surface area contributed by atoms with E-state index >= 15 is 0 Å². The zero-order chi connectivity index (χ0) is 21.3. The second-order valence-electron chi connectivity index (χ2n) is 6.99. The Morgan fingerprint density at radius 3 is 2.43 bits per heavy atom. The van der Waals surface area contributed by atoms with Gasteiger partial charge in [-0.05, 0) is 49.2 Å².